The molecule has 9 heteroatoms. The van der Waals surface area contributed by atoms with Crippen molar-refractivity contribution in [1.29, 1.82) is 0 Å². The normalized spacial score (nSPS) is 14.5. The van der Waals surface area contributed by atoms with Crippen LogP contribution in [0.15, 0.2) is 72.9 Å². The number of carbonyl (C=O) groups is 1. The molecule has 0 aromatic heterocycles. The lowest BCUT2D eigenvalue weighted by Crippen LogP contribution is -2.45. The molecule has 3 unspecified atom stereocenters. The highest BCUT2D eigenvalue weighted by atomic mass is 31.2. The molecule has 0 spiro atoms. The van der Waals surface area contributed by atoms with Gasteiger partial charge in [-0.25, -0.2) is 4.57 Å². The van der Waals surface area contributed by atoms with Crippen molar-refractivity contribution in [3.8, 4) is 0 Å². The number of unbranched alkanes of at least 4 members (excludes halogenated alkanes) is 28. The lowest BCUT2D eigenvalue weighted by Gasteiger charge is -2.25. The van der Waals surface area contributed by atoms with E-state index < -0.39 is 20.0 Å². The van der Waals surface area contributed by atoms with Crippen LogP contribution in [0.4, 0.5) is 0 Å². The van der Waals surface area contributed by atoms with Crippen molar-refractivity contribution in [3.63, 3.8) is 0 Å². The number of rotatable bonds is 51. The number of nitrogens with zero attached hydrogens (tertiary/aromatic N) is 1. The van der Waals surface area contributed by atoms with Gasteiger partial charge in [-0.2, -0.15) is 0 Å². The number of phosphoric ester groups is 1. The number of carbonyl (C=O) groups excluding carboxylic acids is 1. The molecule has 0 aromatic carbocycles. The Morgan fingerprint density at radius 1 is 0.515 bits per heavy atom. The van der Waals surface area contributed by atoms with E-state index in [2.05, 4.69) is 79.9 Å². The molecule has 0 rings (SSSR count). The highest BCUT2D eigenvalue weighted by molar-refractivity contribution is 7.47. The van der Waals surface area contributed by atoms with Crippen LogP contribution in [0.1, 0.15) is 245 Å². The summed E-state index contributed by atoms with van der Waals surface area (Å²) in [5.74, 6) is -0.180. The van der Waals surface area contributed by atoms with E-state index in [1.54, 1.807) is 6.08 Å². The Hall–Kier alpha value is -2.06. The Balaban J connectivity index is 3.78. The number of allylic oxidation sites excluding steroid dienone is 11. The number of aliphatic hydroxyl groups is 1. The van der Waals surface area contributed by atoms with Crippen molar-refractivity contribution in [1.82, 2.24) is 5.32 Å². The average molecular weight is 975 g/mol. The molecular weight excluding hydrogens is 864 g/mol. The number of nitrogens with one attached hydrogen (secondary N) is 1. The van der Waals surface area contributed by atoms with Crippen molar-refractivity contribution in [3.05, 3.63) is 72.9 Å². The molecule has 0 saturated carbocycles. The number of hydrogen-bond acceptors (Lipinski definition) is 5. The van der Waals surface area contributed by atoms with Crippen LogP contribution < -0.4 is 5.32 Å². The highest BCUT2D eigenvalue weighted by Crippen LogP contribution is 2.43. The van der Waals surface area contributed by atoms with Crippen molar-refractivity contribution >= 4 is 13.7 Å². The largest absolute Gasteiger partial charge is 0.472 e. The van der Waals surface area contributed by atoms with Gasteiger partial charge in [0.2, 0.25) is 5.91 Å². The summed E-state index contributed by atoms with van der Waals surface area (Å²) >= 11 is 0. The number of phosphoric acid groups is 1. The first-order valence-electron chi connectivity index (χ1n) is 28.3. The summed E-state index contributed by atoms with van der Waals surface area (Å²) < 4.78 is 23.5. The minimum absolute atomic E-state index is 0.0609. The molecule has 0 heterocycles. The quantitative estimate of drug-likeness (QED) is 0.0243. The van der Waals surface area contributed by atoms with E-state index in [0.29, 0.717) is 17.4 Å². The summed E-state index contributed by atoms with van der Waals surface area (Å²) in [6.07, 6.45) is 69.1. The van der Waals surface area contributed by atoms with Gasteiger partial charge < -0.3 is 19.8 Å². The van der Waals surface area contributed by atoms with Gasteiger partial charge in [-0.15, -0.1) is 0 Å². The maximum absolute atomic E-state index is 12.9. The van der Waals surface area contributed by atoms with E-state index >= 15 is 0 Å². The third kappa shape index (κ3) is 51.8. The van der Waals surface area contributed by atoms with Crippen LogP contribution in [0, 0.1) is 0 Å². The lowest BCUT2D eigenvalue weighted by atomic mass is 10.0. The van der Waals surface area contributed by atoms with E-state index in [4.69, 9.17) is 9.05 Å². The van der Waals surface area contributed by atoms with Gasteiger partial charge in [0.1, 0.15) is 13.2 Å². The van der Waals surface area contributed by atoms with E-state index in [1.807, 2.05) is 27.2 Å². The smallest absolute Gasteiger partial charge is 0.387 e. The summed E-state index contributed by atoms with van der Waals surface area (Å²) in [6, 6.07) is -0.843. The minimum Gasteiger partial charge on any atom is -0.387 e. The lowest BCUT2D eigenvalue weighted by molar-refractivity contribution is -0.870. The van der Waals surface area contributed by atoms with Gasteiger partial charge in [0.25, 0.3) is 0 Å². The molecule has 0 aliphatic heterocycles. The van der Waals surface area contributed by atoms with E-state index in [0.717, 1.165) is 70.6 Å². The predicted molar refractivity (Wildman–Crippen MR) is 295 cm³/mol. The van der Waals surface area contributed by atoms with Gasteiger partial charge >= 0.3 is 7.82 Å². The Labute approximate surface area is 421 Å². The molecule has 396 valence electrons. The van der Waals surface area contributed by atoms with Crippen LogP contribution in [0.25, 0.3) is 0 Å². The fourth-order valence-electron chi connectivity index (χ4n) is 8.01. The maximum atomic E-state index is 12.9. The summed E-state index contributed by atoms with van der Waals surface area (Å²) in [5.41, 5.74) is 0. The van der Waals surface area contributed by atoms with Crippen LogP contribution >= 0.6 is 7.82 Å². The third-order valence-corrected chi connectivity index (χ3v) is 13.4. The van der Waals surface area contributed by atoms with Crippen molar-refractivity contribution in [2.24, 2.45) is 0 Å². The summed E-state index contributed by atoms with van der Waals surface area (Å²) in [5, 5.41) is 13.7. The monoisotopic (exact) mass is 974 g/mol. The second-order valence-electron chi connectivity index (χ2n) is 20.3. The molecule has 0 aliphatic rings. The second kappa shape index (κ2) is 49.9. The average Bonchev–Trinajstić information content (AvgIpc) is 3.30. The highest BCUT2D eigenvalue weighted by Gasteiger charge is 2.27. The fraction of sp³-hybridized carbons (Fsp3) is 0.780. The zero-order valence-electron chi connectivity index (χ0n) is 45.1. The molecule has 1 amide bonds. The molecule has 3 atom stereocenters. The van der Waals surface area contributed by atoms with Crippen molar-refractivity contribution in [2.45, 2.75) is 257 Å². The molecule has 0 fully saturated rings. The zero-order valence-corrected chi connectivity index (χ0v) is 46.0. The SMILES string of the molecule is CC/C=C\C/C=C\C/C=C\C/C=C\C/C=C\CCCCCCCCCCCCCCCCCCCCCCCCCC(=O)NC(COP(=O)(O)OCC[N+](C)(C)C)C(O)/C=C/CCCCCCC. The standard InChI is InChI=1S/C59H109N2O6P/c1-6-8-10-12-14-15-16-17-18-19-20-21-22-23-24-25-26-27-28-29-30-31-32-33-34-35-36-37-38-39-40-41-42-43-44-45-47-49-51-53-59(63)60-57(58(62)52-50-48-46-13-11-9-7-2)56-67-68(64,65)66-55-54-61(3,4)5/h8,10,14-15,17-18,20-21,23-24,50,52,57-58,62H,6-7,9,11-13,16,19,22,25-49,51,53-56H2,1-5H3,(H-,60,63,64,65)/p+1/b10-8-,15-14-,18-17-,21-20-,24-23-,52-50+. The van der Waals surface area contributed by atoms with Crippen LogP contribution in [0.3, 0.4) is 0 Å². The molecule has 0 saturated heterocycles. The number of aliphatic hydroxyl groups excluding tert-OH is 1. The van der Waals surface area contributed by atoms with Crippen LogP contribution in [0.5, 0.6) is 0 Å². The van der Waals surface area contributed by atoms with Crippen LogP contribution in [-0.4, -0.2) is 73.4 Å². The number of amides is 1. The Morgan fingerprint density at radius 3 is 1.29 bits per heavy atom. The molecular formula is C59H110N2O6P+. The van der Waals surface area contributed by atoms with Gasteiger partial charge in [0.15, 0.2) is 0 Å². The number of hydrogen-bond donors (Lipinski definition) is 3. The van der Waals surface area contributed by atoms with Gasteiger partial charge in [-0.1, -0.05) is 247 Å². The molecule has 3 N–H and O–H groups in total. The van der Waals surface area contributed by atoms with Crippen molar-refractivity contribution < 1.29 is 32.9 Å². The van der Waals surface area contributed by atoms with Crippen LogP contribution in [-0.2, 0) is 18.4 Å². The van der Waals surface area contributed by atoms with Crippen LogP contribution in [0.2, 0.25) is 0 Å². The predicted octanol–water partition coefficient (Wildman–Crippen LogP) is 17.1. The van der Waals surface area contributed by atoms with Gasteiger partial charge in [-0.05, 0) is 64.2 Å². The Kier molecular flexibility index (Phi) is 48.4. The molecule has 8 nitrogen and oxygen atoms in total. The summed E-state index contributed by atoms with van der Waals surface area (Å²) in [6.45, 7) is 4.64. The summed E-state index contributed by atoms with van der Waals surface area (Å²) in [4.78, 5) is 23.1. The number of likely N-dealkylation sites (N-methyl/N-ethyl adjacent to an activating group) is 1. The first-order chi connectivity index (χ1) is 33.0. The number of quaternary nitrogens is 1. The second-order valence-corrected chi connectivity index (χ2v) is 21.7. The van der Waals surface area contributed by atoms with Gasteiger partial charge in [-0.3, -0.25) is 13.8 Å². The van der Waals surface area contributed by atoms with E-state index in [-0.39, 0.29) is 19.1 Å². The van der Waals surface area contributed by atoms with E-state index in [1.165, 1.54) is 154 Å². The molecule has 68 heavy (non-hydrogen) atoms. The fourth-order valence-corrected chi connectivity index (χ4v) is 8.75. The Bertz CT molecular complexity index is 1330. The van der Waals surface area contributed by atoms with Gasteiger partial charge in [0, 0.05) is 6.42 Å². The van der Waals surface area contributed by atoms with Crippen molar-refractivity contribution in [2.75, 3.05) is 40.9 Å². The topological polar surface area (TPSA) is 105 Å². The summed E-state index contributed by atoms with van der Waals surface area (Å²) in [7, 11) is 1.57. The molecule has 0 bridgehead atoms. The third-order valence-electron chi connectivity index (χ3n) is 12.4. The molecule has 0 radical (unpaired) electrons. The molecule has 0 aliphatic carbocycles. The molecule has 0 aromatic rings. The zero-order chi connectivity index (χ0) is 49.9. The first kappa shape index (κ1) is 65.9. The maximum Gasteiger partial charge on any atom is 0.472 e. The first-order valence-corrected chi connectivity index (χ1v) is 29.8. The van der Waals surface area contributed by atoms with Gasteiger partial charge in [0.05, 0.1) is 39.9 Å². The van der Waals surface area contributed by atoms with E-state index in [9.17, 15) is 19.4 Å². The Morgan fingerprint density at radius 2 is 0.882 bits per heavy atom. The minimum atomic E-state index is -4.33.